The standard InChI is InChI=1S/C19H20N2O2/c1-19(2,16-12-20-17-10-5-4-9-15(16)17)18(22)21-13-7-6-8-14(11-13)23-3/h4-12,20H,1-3H3,(H,21,22). The maximum Gasteiger partial charge on any atom is 0.234 e. The number of carbonyl (C=O) groups is 1. The number of hydrogen-bond donors (Lipinski definition) is 2. The van der Waals surface area contributed by atoms with Gasteiger partial charge < -0.3 is 15.0 Å². The highest BCUT2D eigenvalue weighted by Crippen LogP contribution is 2.31. The lowest BCUT2D eigenvalue weighted by Gasteiger charge is -2.23. The van der Waals surface area contributed by atoms with Gasteiger partial charge in [-0.2, -0.15) is 0 Å². The van der Waals surface area contributed by atoms with Crippen LogP contribution >= 0.6 is 0 Å². The summed E-state index contributed by atoms with van der Waals surface area (Å²) in [4.78, 5) is 16.0. The van der Waals surface area contributed by atoms with Gasteiger partial charge in [0.1, 0.15) is 5.75 Å². The largest absolute Gasteiger partial charge is 0.497 e. The number of methoxy groups -OCH3 is 1. The zero-order chi connectivity index (χ0) is 16.4. The van der Waals surface area contributed by atoms with Crippen LogP contribution in [0.5, 0.6) is 5.75 Å². The number of aromatic nitrogens is 1. The Hall–Kier alpha value is -2.75. The molecule has 0 atom stereocenters. The highest BCUT2D eigenvalue weighted by molar-refractivity contribution is 6.01. The van der Waals surface area contributed by atoms with Crippen molar-refractivity contribution in [2.45, 2.75) is 19.3 Å². The van der Waals surface area contributed by atoms with Crippen molar-refractivity contribution in [1.82, 2.24) is 4.98 Å². The van der Waals surface area contributed by atoms with Crippen LogP contribution in [0.4, 0.5) is 5.69 Å². The molecule has 0 aliphatic carbocycles. The van der Waals surface area contributed by atoms with Crippen LogP contribution < -0.4 is 10.1 Å². The fourth-order valence-electron chi connectivity index (χ4n) is 2.70. The lowest BCUT2D eigenvalue weighted by molar-refractivity contribution is -0.120. The van der Waals surface area contributed by atoms with Gasteiger partial charge in [-0.3, -0.25) is 4.79 Å². The Balaban J connectivity index is 1.90. The number of nitrogens with one attached hydrogen (secondary N) is 2. The SMILES string of the molecule is COc1cccc(NC(=O)C(C)(C)c2c[nH]c3ccccc23)c1. The number of benzene rings is 2. The Morgan fingerprint density at radius 2 is 1.91 bits per heavy atom. The van der Waals surface area contributed by atoms with E-state index in [1.165, 1.54) is 0 Å². The van der Waals surface area contributed by atoms with Gasteiger partial charge in [-0.1, -0.05) is 24.3 Å². The summed E-state index contributed by atoms with van der Waals surface area (Å²) in [7, 11) is 1.61. The van der Waals surface area contributed by atoms with Gasteiger partial charge in [0.05, 0.1) is 12.5 Å². The first-order valence-corrected chi connectivity index (χ1v) is 7.54. The molecule has 0 aliphatic heterocycles. The smallest absolute Gasteiger partial charge is 0.234 e. The molecule has 1 aromatic heterocycles. The number of rotatable bonds is 4. The number of fused-ring (bicyclic) bond motifs is 1. The van der Waals surface area contributed by atoms with E-state index in [-0.39, 0.29) is 5.91 Å². The fraction of sp³-hybridized carbons (Fsp3) is 0.211. The van der Waals surface area contributed by atoms with Gasteiger partial charge in [-0.25, -0.2) is 0 Å². The van der Waals surface area contributed by atoms with Gasteiger partial charge in [0.25, 0.3) is 0 Å². The van der Waals surface area contributed by atoms with Crippen LogP contribution in [0.25, 0.3) is 10.9 Å². The molecule has 0 unspecified atom stereocenters. The van der Waals surface area contributed by atoms with Crippen molar-refractivity contribution in [2.75, 3.05) is 12.4 Å². The maximum atomic E-state index is 12.8. The van der Waals surface area contributed by atoms with Crippen LogP contribution in [-0.4, -0.2) is 18.0 Å². The molecule has 4 heteroatoms. The van der Waals surface area contributed by atoms with Crippen molar-refractivity contribution >= 4 is 22.5 Å². The molecule has 0 radical (unpaired) electrons. The molecular weight excluding hydrogens is 288 g/mol. The average molecular weight is 308 g/mol. The first kappa shape index (κ1) is 15.2. The van der Waals surface area contributed by atoms with Gasteiger partial charge in [0.15, 0.2) is 0 Å². The minimum atomic E-state index is -0.664. The Bertz CT molecular complexity index is 849. The summed E-state index contributed by atoms with van der Waals surface area (Å²) in [5, 5.41) is 4.04. The second-order valence-corrected chi connectivity index (χ2v) is 6.06. The molecule has 1 heterocycles. The van der Waals surface area contributed by atoms with E-state index in [4.69, 9.17) is 4.74 Å². The molecule has 118 valence electrons. The first-order chi connectivity index (χ1) is 11.0. The summed E-state index contributed by atoms with van der Waals surface area (Å²) in [6.45, 7) is 3.86. The van der Waals surface area contributed by atoms with E-state index in [1.54, 1.807) is 7.11 Å². The van der Waals surface area contributed by atoms with Gasteiger partial charge in [0.2, 0.25) is 5.91 Å². The molecule has 0 fully saturated rings. The van der Waals surface area contributed by atoms with E-state index in [0.29, 0.717) is 5.75 Å². The van der Waals surface area contributed by atoms with E-state index in [0.717, 1.165) is 22.2 Å². The second kappa shape index (κ2) is 5.80. The van der Waals surface area contributed by atoms with Crippen LogP contribution in [0.3, 0.4) is 0 Å². The van der Waals surface area contributed by atoms with Gasteiger partial charge in [-0.05, 0) is 37.6 Å². The van der Waals surface area contributed by atoms with Crippen molar-refractivity contribution in [3.05, 3.63) is 60.3 Å². The Labute approximate surface area is 135 Å². The van der Waals surface area contributed by atoms with E-state index in [2.05, 4.69) is 10.3 Å². The predicted molar refractivity (Wildman–Crippen MR) is 92.9 cm³/mol. The number of aromatic amines is 1. The summed E-state index contributed by atoms with van der Waals surface area (Å²) >= 11 is 0. The van der Waals surface area contributed by atoms with Crippen LogP contribution in [0, 0.1) is 0 Å². The molecule has 3 aromatic rings. The number of hydrogen-bond acceptors (Lipinski definition) is 2. The third-order valence-corrected chi connectivity index (χ3v) is 4.16. The Kier molecular flexibility index (Phi) is 3.82. The summed E-state index contributed by atoms with van der Waals surface area (Å²) < 4.78 is 5.20. The molecule has 0 aliphatic rings. The van der Waals surface area contributed by atoms with E-state index >= 15 is 0 Å². The van der Waals surface area contributed by atoms with Crippen molar-refractivity contribution in [3.63, 3.8) is 0 Å². The molecule has 4 nitrogen and oxygen atoms in total. The Morgan fingerprint density at radius 3 is 2.70 bits per heavy atom. The average Bonchev–Trinajstić information content (AvgIpc) is 2.99. The fourth-order valence-corrected chi connectivity index (χ4v) is 2.70. The van der Waals surface area contributed by atoms with Crippen molar-refractivity contribution in [1.29, 1.82) is 0 Å². The monoisotopic (exact) mass is 308 g/mol. The van der Waals surface area contributed by atoms with Crippen LogP contribution in [0.15, 0.2) is 54.7 Å². The molecular formula is C19H20N2O2. The van der Waals surface area contributed by atoms with Crippen molar-refractivity contribution in [2.24, 2.45) is 0 Å². The molecule has 2 N–H and O–H groups in total. The third-order valence-electron chi connectivity index (χ3n) is 4.16. The lowest BCUT2D eigenvalue weighted by Crippen LogP contribution is -2.34. The topological polar surface area (TPSA) is 54.1 Å². The van der Waals surface area contributed by atoms with E-state index < -0.39 is 5.41 Å². The number of carbonyl (C=O) groups excluding carboxylic acids is 1. The van der Waals surface area contributed by atoms with Crippen LogP contribution in [0.2, 0.25) is 0 Å². The molecule has 3 rings (SSSR count). The van der Waals surface area contributed by atoms with E-state index in [1.807, 2.05) is 68.6 Å². The van der Waals surface area contributed by atoms with Gasteiger partial charge in [-0.15, -0.1) is 0 Å². The normalized spacial score (nSPS) is 11.4. The summed E-state index contributed by atoms with van der Waals surface area (Å²) in [5.41, 5.74) is 2.07. The Morgan fingerprint density at radius 1 is 1.13 bits per heavy atom. The van der Waals surface area contributed by atoms with Crippen molar-refractivity contribution < 1.29 is 9.53 Å². The van der Waals surface area contributed by atoms with Crippen LogP contribution in [0.1, 0.15) is 19.4 Å². The highest BCUT2D eigenvalue weighted by Gasteiger charge is 2.32. The zero-order valence-corrected chi connectivity index (χ0v) is 13.5. The lowest BCUT2D eigenvalue weighted by atomic mass is 9.83. The highest BCUT2D eigenvalue weighted by atomic mass is 16.5. The molecule has 0 spiro atoms. The van der Waals surface area contributed by atoms with E-state index in [9.17, 15) is 4.79 Å². The number of H-pyrrole nitrogens is 1. The summed E-state index contributed by atoms with van der Waals surface area (Å²) in [6.07, 6.45) is 1.91. The minimum Gasteiger partial charge on any atom is -0.497 e. The number of amides is 1. The molecule has 2 aromatic carbocycles. The van der Waals surface area contributed by atoms with Crippen molar-refractivity contribution in [3.8, 4) is 5.75 Å². The molecule has 23 heavy (non-hydrogen) atoms. The first-order valence-electron chi connectivity index (χ1n) is 7.54. The minimum absolute atomic E-state index is 0.0597. The molecule has 0 bridgehead atoms. The third kappa shape index (κ3) is 2.80. The predicted octanol–water partition coefficient (Wildman–Crippen LogP) is 4.09. The number of para-hydroxylation sites is 1. The quantitative estimate of drug-likeness (QED) is 0.762. The maximum absolute atomic E-state index is 12.8. The second-order valence-electron chi connectivity index (χ2n) is 6.06. The van der Waals surface area contributed by atoms with Gasteiger partial charge in [0, 0.05) is 28.9 Å². The molecule has 0 saturated carbocycles. The summed E-state index contributed by atoms with van der Waals surface area (Å²) in [6, 6.07) is 15.4. The molecule has 1 amide bonds. The number of ether oxygens (including phenoxy) is 1. The van der Waals surface area contributed by atoms with Crippen LogP contribution in [-0.2, 0) is 10.2 Å². The van der Waals surface area contributed by atoms with Gasteiger partial charge >= 0.3 is 0 Å². The molecule has 0 saturated heterocycles. The summed E-state index contributed by atoms with van der Waals surface area (Å²) in [5.74, 6) is 0.656. The zero-order valence-electron chi connectivity index (χ0n) is 13.5. The number of anilines is 1.